The lowest BCUT2D eigenvalue weighted by Crippen LogP contribution is -2.09. The molecular formula is C24H18N8O. The first kappa shape index (κ1) is 18.9. The Labute approximate surface area is 187 Å². The van der Waals surface area contributed by atoms with E-state index < -0.39 is 0 Å². The average Bonchev–Trinajstić information content (AvgIpc) is 3.48. The third-order valence-corrected chi connectivity index (χ3v) is 5.42. The molecule has 0 aliphatic heterocycles. The summed E-state index contributed by atoms with van der Waals surface area (Å²) < 4.78 is 3.51. The number of pyridine rings is 1. The Balaban J connectivity index is 1.50. The van der Waals surface area contributed by atoms with Crippen LogP contribution in [-0.4, -0.2) is 34.6 Å². The predicted octanol–water partition coefficient (Wildman–Crippen LogP) is 3.43. The Hall–Kier alpha value is -4.79. The molecule has 2 aromatic carbocycles. The van der Waals surface area contributed by atoms with Gasteiger partial charge in [-0.15, -0.1) is 5.10 Å². The number of benzene rings is 2. The number of aromatic amines is 1. The van der Waals surface area contributed by atoms with Gasteiger partial charge in [-0.05, 0) is 17.7 Å². The van der Waals surface area contributed by atoms with Gasteiger partial charge in [-0.2, -0.15) is 9.61 Å². The summed E-state index contributed by atoms with van der Waals surface area (Å²) in [5.41, 5.74) is 5.66. The van der Waals surface area contributed by atoms with E-state index in [0.29, 0.717) is 12.2 Å². The minimum absolute atomic E-state index is 0.131. The number of anilines is 1. The molecule has 0 atom stereocenters. The van der Waals surface area contributed by atoms with Crippen molar-refractivity contribution in [1.82, 2.24) is 34.6 Å². The number of aromatic nitrogens is 7. The summed E-state index contributed by atoms with van der Waals surface area (Å²) in [4.78, 5) is 19.0. The van der Waals surface area contributed by atoms with Crippen LogP contribution >= 0.6 is 0 Å². The highest BCUT2D eigenvalue weighted by Crippen LogP contribution is 2.26. The number of hydrogen-bond acceptors (Lipinski definition) is 6. The summed E-state index contributed by atoms with van der Waals surface area (Å²) in [5, 5.41) is 16.6. The van der Waals surface area contributed by atoms with E-state index in [1.54, 1.807) is 27.7 Å². The average molecular weight is 434 g/mol. The van der Waals surface area contributed by atoms with Crippen LogP contribution in [0.25, 0.3) is 33.6 Å². The second-order valence-electron chi connectivity index (χ2n) is 7.56. The van der Waals surface area contributed by atoms with Crippen molar-refractivity contribution in [3.63, 3.8) is 0 Å². The number of hydrogen-bond donors (Lipinski definition) is 2. The SMILES string of the molecule is O=c1ccc(CNc2cc(-c3ccccc3)nc3c(-n4nnc5ccccc54)cnn23)c[nH]1. The molecule has 0 radical (unpaired) electrons. The highest BCUT2D eigenvalue weighted by molar-refractivity contribution is 5.79. The van der Waals surface area contributed by atoms with E-state index in [0.717, 1.165) is 39.4 Å². The van der Waals surface area contributed by atoms with Gasteiger partial charge in [0.1, 0.15) is 17.0 Å². The summed E-state index contributed by atoms with van der Waals surface area (Å²) in [6.45, 7) is 0.506. The van der Waals surface area contributed by atoms with Crippen LogP contribution in [-0.2, 0) is 6.54 Å². The summed E-state index contributed by atoms with van der Waals surface area (Å²) in [6, 6.07) is 23.0. The summed E-state index contributed by atoms with van der Waals surface area (Å²) >= 11 is 0. The number of nitrogens with one attached hydrogen (secondary N) is 2. The standard InChI is InChI=1S/C24H18N8O/c33-23-11-10-16(14-26-23)13-25-22-12-19(17-6-2-1-3-7-17)28-24-21(15-27-32(22)24)31-20-9-5-4-8-18(20)29-30-31/h1-12,14-15,25H,13H2,(H,26,33). The first-order valence-electron chi connectivity index (χ1n) is 10.4. The number of rotatable bonds is 5. The van der Waals surface area contributed by atoms with Crippen LogP contribution in [0.2, 0.25) is 0 Å². The Morgan fingerprint density at radius 3 is 2.67 bits per heavy atom. The van der Waals surface area contributed by atoms with Crippen molar-refractivity contribution in [2.75, 3.05) is 5.32 Å². The topological polar surface area (TPSA) is 106 Å². The number of para-hydroxylation sites is 1. The van der Waals surface area contributed by atoms with Crippen LogP contribution in [0.1, 0.15) is 5.56 Å². The number of H-pyrrole nitrogens is 1. The molecule has 0 amide bonds. The van der Waals surface area contributed by atoms with Gasteiger partial charge in [-0.1, -0.05) is 53.7 Å². The molecule has 6 rings (SSSR count). The maximum atomic E-state index is 11.4. The molecule has 0 saturated carbocycles. The van der Waals surface area contributed by atoms with Gasteiger partial charge >= 0.3 is 0 Å². The van der Waals surface area contributed by atoms with E-state index in [-0.39, 0.29) is 5.56 Å². The smallest absolute Gasteiger partial charge is 0.247 e. The Morgan fingerprint density at radius 1 is 0.970 bits per heavy atom. The highest BCUT2D eigenvalue weighted by atomic mass is 16.1. The van der Waals surface area contributed by atoms with Crippen molar-refractivity contribution in [3.8, 4) is 16.9 Å². The largest absolute Gasteiger partial charge is 0.366 e. The molecule has 0 saturated heterocycles. The Morgan fingerprint density at radius 2 is 1.82 bits per heavy atom. The maximum Gasteiger partial charge on any atom is 0.247 e. The third kappa shape index (κ3) is 3.41. The Bertz CT molecular complexity index is 1630. The van der Waals surface area contributed by atoms with Crippen LogP contribution < -0.4 is 10.9 Å². The van der Waals surface area contributed by atoms with Gasteiger partial charge < -0.3 is 10.3 Å². The zero-order valence-electron chi connectivity index (χ0n) is 17.4. The molecular weight excluding hydrogens is 416 g/mol. The maximum absolute atomic E-state index is 11.4. The van der Waals surface area contributed by atoms with Gasteiger partial charge in [0.2, 0.25) is 5.56 Å². The first-order valence-corrected chi connectivity index (χ1v) is 10.4. The zero-order chi connectivity index (χ0) is 22.2. The van der Waals surface area contributed by atoms with Crippen molar-refractivity contribution >= 4 is 22.5 Å². The second-order valence-corrected chi connectivity index (χ2v) is 7.56. The van der Waals surface area contributed by atoms with Crippen LogP contribution in [0.4, 0.5) is 5.82 Å². The van der Waals surface area contributed by atoms with Gasteiger partial charge in [0, 0.05) is 30.4 Å². The second kappa shape index (κ2) is 7.72. The molecule has 0 aliphatic rings. The summed E-state index contributed by atoms with van der Waals surface area (Å²) in [5.74, 6) is 0.765. The van der Waals surface area contributed by atoms with Crippen molar-refractivity contribution in [2.24, 2.45) is 0 Å². The van der Waals surface area contributed by atoms with Gasteiger partial charge in [0.05, 0.1) is 17.4 Å². The molecule has 0 spiro atoms. The van der Waals surface area contributed by atoms with Gasteiger partial charge in [-0.3, -0.25) is 4.79 Å². The van der Waals surface area contributed by atoms with Gasteiger partial charge in [0.25, 0.3) is 0 Å². The van der Waals surface area contributed by atoms with Crippen molar-refractivity contribution in [1.29, 1.82) is 0 Å². The quantitative estimate of drug-likeness (QED) is 0.431. The van der Waals surface area contributed by atoms with Crippen molar-refractivity contribution < 1.29 is 0 Å². The van der Waals surface area contributed by atoms with Crippen LogP contribution in [0.3, 0.4) is 0 Å². The van der Waals surface area contributed by atoms with Crippen LogP contribution in [0.15, 0.2) is 90.0 Å². The predicted molar refractivity (Wildman–Crippen MR) is 125 cm³/mol. The lowest BCUT2D eigenvalue weighted by Gasteiger charge is -2.11. The summed E-state index contributed by atoms with van der Waals surface area (Å²) in [7, 11) is 0. The summed E-state index contributed by atoms with van der Waals surface area (Å²) in [6.07, 6.45) is 3.44. The number of fused-ring (bicyclic) bond motifs is 2. The molecule has 33 heavy (non-hydrogen) atoms. The van der Waals surface area contributed by atoms with Crippen LogP contribution in [0, 0.1) is 0 Å². The monoisotopic (exact) mass is 434 g/mol. The molecule has 4 aromatic heterocycles. The van der Waals surface area contributed by atoms with E-state index in [2.05, 4.69) is 25.7 Å². The Kier molecular flexibility index (Phi) is 4.43. The van der Waals surface area contributed by atoms with E-state index in [1.165, 1.54) is 6.07 Å². The molecule has 0 bridgehead atoms. The zero-order valence-corrected chi connectivity index (χ0v) is 17.4. The molecule has 0 unspecified atom stereocenters. The minimum Gasteiger partial charge on any atom is -0.366 e. The fourth-order valence-electron chi connectivity index (χ4n) is 3.78. The van der Waals surface area contributed by atoms with Gasteiger partial charge in [-0.25, -0.2) is 9.67 Å². The fourth-order valence-corrected chi connectivity index (χ4v) is 3.78. The molecule has 9 nitrogen and oxygen atoms in total. The molecule has 2 N–H and O–H groups in total. The first-order chi connectivity index (χ1) is 16.3. The molecule has 9 heteroatoms. The lowest BCUT2D eigenvalue weighted by atomic mass is 10.1. The number of nitrogens with zero attached hydrogens (tertiary/aromatic N) is 6. The van der Waals surface area contributed by atoms with E-state index >= 15 is 0 Å². The van der Waals surface area contributed by atoms with E-state index in [9.17, 15) is 4.79 Å². The molecule has 160 valence electrons. The lowest BCUT2D eigenvalue weighted by molar-refractivity contribution is 0.827. The molecule has 0 aliphatic carbocycles. The molecule has 0 fully saturated rings. The third-order valence-electron chi connectivity index (χ3n) is 5.42. The van der Waals surface area contributed by atoms with Crippen LogP contribution in [0.5, 0.6) is 0 Å². The normalized spacial score (nSPS) is 11.3. The minimum atomic E-state index is -0.131. The van der Waals surface area contributed by atoms with Gasteiger partial charge in [0.15, 0.2) is 5.65 Å². The fraction of sp³-hybridized carbons (Fsp3) is 0.0417. The van der Waals surface area contributed by atoms with E-state index in [1.807, 2.05) is 60.7 Å². The van der Waals surface area contributed by atoms with Crippen molar-refractivity contribution in [2.45, 2.75) is 6.54 Å². The highest BCUT2D eigenvalue weighted by Gasteiger charge is 2.16. The molecule has 6 aromatic rings. The van der Waals surface area contributed by atoms with E-state index in [4.69, 9.17) is 4.98 Å². The van der Waals surface area contributed by atoms with Crippen molar-refractivity contribution in [3.05, 3.63) is 101 Å². The molecule has 4 heterocycles.